The second-order valence-corrected chi connectivity index (χ2v) is 7.71. The van der Waals surface area contributed by atoms with Crippen molar-refractivity contribution in [3.63, 3.8) is 0 Å². The number of morpholine rings is 1. The van der Waals surface area contributed by atoms with Crippen LogP contribution in [0, 0.1) is 0 Å². The number of aliphatic imine (C=N–C) groups is 1. The molecule has 2 fully saturated rings. The molecular weight excluding hydrogens is 477 g/mol. The van der Waals surface area contributed by atoms with Crippen LogP contribution in [0.2, 0.25) is 0 Å². The second kappa shape index (κ2) is 13.4. The first-order valence-corrected chi connectivity index (χ1v) is 10.9. The van der Waals surface area contributed by atoms with Crippen molar-refractivity contribution in [1.82, 2.24) is 20.4 Å². The highest BCUT2D eigenvalue weighted by Crippen LogP contribution is 2.15. The Morgan fingerprint density at radius 2 is 1.79 bits per heavy atom. The van der Waals surface area contributed by atoms with E-state index in [1.807, 2.05) is 0 Å². The van der Waals surface area contributed by atoms with Gasteiger partial charge in [0, 0.05) is 38.8 Å². The topological polar surface area (TPSA) is 52.1 Å². The van der Waals surface area contributed by atoms with Gasteiger partial charge in [0.2, 0.25) is 0 Å². The molecule has 0 radical (unpaired) electrons. The summed E-state index contributed by atoms with van der Waals surface area (Å²) in [6, 6.07) is 9.52. The molecular formula is C22H38IN5O. The molecule has 1 aromatic rings. The van der Waals surface area contributed by atoms with Crippen molar-refractivity contribution in [2.45, 2.75) is 45.8 Å². The van der Waals surface area contributed by atoms with E-state index in [0.29, 0.717) is 12.6 Å². The van der Waals surface area contributed by atoms with Crippen molar-refractivity contribution >= 4 is 29.9 Å². The molecule has 0 bridgehead atoms. The Morgan fingerprint density at radius 1 is 1.07 bits per heavy atom. The molecule has 2 saturated heterocycles. The lowest BCUT2D eigenvalue weighted by Gasteiger charge is -2.26. The van der Waals surface area contributed by atoms with E-state index in [0.717, 1.165) is 58.4 Å². The molecule has 1 atom stereocenters. The molecule has 0 saturated carbocycles. The average molecular weight is 515 g/mol. The predicted molar refractivity (Wildman–Crippen MR) is 131 cm³/mol. The first-order valence-electron chi connectivity index (χ1n) is 10.9. The summed E-state index contributed by atoms with van der Waals surface area (Å²) < 4.78 is 5.42. The van der Waals surface area contributed by atoms with Crippen LogP contribution in [-0.4, -0.2) is 74.3 Å². The predicted octanol–water partition coefficient (Wildman–Crippen LogP) is 2.68. The van der Waals surface area contributed by atoms with Gasteiger partial charge < -0.3 is 15.4 Å². The van der Waals surface area contributed by atoms with Crippen molar-refractivity contribution in [2.24, 2.45) is 4.99 Å². The number of hydrogen-bond acceptors (Lipinski definition) is 4. The lowest BCUT2D eigenvalue weighted by atomic mass is 10.1. The van der Waals surface area contributed by atoms with Gasteiger partial charge >= 0.3 is 0 Å². The minimum absolute atomic E-state index is 0. The molecule has 7 heteroatoms. The number of benzene rings is 1. The van der Waals surface area contributed by atoms with Gasteiger partial charge in [0.1, 0.15) is 0 Å². The number of ether oxygens (including phenoxy) is 1. The van der Waals surface area contributed by atoms with Crippen LogP contribution in [-0.2, 0) is 17.8 Å². The molecule has 3 rings (SSSR count). The van der Waals surface area contributed by atoms with Crippen LogP contribution in [0.1, 0.15) is 37.8 Å². The molecule has 29 heavy (non-hydrogen) atoms. The lowest BCUT2D eigenvalue weighted by Crippen LogP contribution is -2.44. The van der Waals surface area contributed by atoms with Gasteiger partial charge in [-0.05, 0) is 44.0 Å². The van der Waals surface area contributed by atoms with Gasteiger partial charge in [0.15, 0.2) is 5.96 Å². The fourth-order valence-electron chi connectivity index (χ4n) is 4.04. The van der Waals surface area contributed by atoms with E-state index in [9.17, 15) is 0 Å². The van der Waals surface area contributed by atoms with Gasteiger partial charge in [-0.25, -0.2) is 4.99 Å². The van der Waals surface area contributed by atoms with Crippen LogP contribution in [0.15, 0.2) is 29.3 Å². The Bertz CT molecular complexity index is 604. The molecule has 0 amide bonds. The Kier molecular flexibility index (Phi) is 11.3. The highest BCUT2D eigenvalue weighted by Gasteiger charge is 2.22. The normalized spacial score (nSPS) is 21.0. The summed E-state index contributed by atoms with van der Waals surface area (Å²) in [6.07, 6.45) is 2.59. The van der Waals surface area contributed by atoms with Crippen LogP contribution in [0.3, 0.4) is 0 Å². The fraction of sp³-hybridized carbons (Fsp3) is 0.682. The summed E-state index contributed by atoms with van der Waals surface area (Å²) >= 11 is 0. The average Bonchev–Trinajstić information content (AvgIpc) is 3.19. The van der Waals surface area contributed by atoms with E-state index >= 15 is 0 Å². The summed E-state index contributed by atoms with van der Waals surface area (Å²) in [5.74, 6) is 0.919. The minimum Gasteiger partial charge on any atom is -0.379 e. The van der Waals surface area contributed by atoms with Crippen molar-refractivity contribution < 1.29 is 4.74 Å². The maximum atomic E-state index is 5.42. The number of likely N-dealkylation sites (N-methyl/N-ethyl adjacent to an activating group) is 1. The van der Waals surface area contributed by atoms with E-state index in [-0.39, 0.29) is 24.0 Å². The number of nitrogens with one attached hydrogen (secondary N) is 2. The summed E-state index contributed by atoms with van der Waals surface area (Å²) in [7, 11) is 0. The molecule has 2 aliphatic rings. The third-order valence-electron chi connectivity index (χ3n) is 5.71. The monoisotopic (exact) mass is 515 g/mol. The summed E-state index contributed by atoms with van der Waals surface area (Å²) in [5, 5.41) is 6.92. The molecule has 1 aromatic carbocycles. The van der Waals surface area contributed by atoms with E-state index in [4.69, 9.17) is 9.73 Å². The SMILES string of the molecule is CCNC(=NCc1ccc(CN2CCOCC2)cc1)NCC1CCCN1CC.I. The first-order chi connectivity index (χ1) is 13.8. The molecule has 164 valence electrons. The highest BCUT2D eigenvalue weighted by atomic mass is 127. The van der Waals surface area contributed by atoms with Crippen molar-refractivity contribution in [3.8, 4) is 0 Å². The Morgan fingerprint density at radius 3 is 2.48 bits per heavy atom. The molecule has 2 aliphatic heterocycles. The molecule has 2 N–H and O–H groups in total. The number of halogens is 1. The Balaban J connectivity index is 0.00000300. The maximum Gasteiger partial charge on any atom is 0.191 e. The van der Waals surface area contributed by atoms with Crippen LogP contribution in [0.25, 0.3) is 0 Å². The van der Waals surface area contributed by atoms with Gasteiger partial charge in [-0.15, -0.1) is 24.0 Å². The molecule has 0 aromatic heterocycles. The Hall–Kier alpha value is -0.900. The number of hydrogen-bond donors (Lipinski definition) is 2. The summed E-state index contributed by atoms with van der Waals surface area (Å²) in [4.78, 5) is 9.80. The Labute approximate surface area is 193 Å². The second-order valence-electron chi connectivity index (χ2n) is 7.71. The van der Waals surface area contributed by atoms with Crippen molar-refractivity contribution in [1.29, 1.82) is 0 Å². The highest BCUT2D eigenvalue weighted by molar-refractivity contribution is 14.0. The smallest absolute Gasteiger partial charge is 0.191 e. The largest absolute Gasteiger partial charge is 0.379 e. The first kappa shape index (κ1) is 24.4. The van der Waals surface area contributed by atoms with Crippen LogP contribution in [0.5, 0.6) is 0 Å². The summed E-state index contributed by atoms with van der Waals surface area (Å²) in [5.41, 5.74) is 2.61. The molecule has 6 nitrogen and oxygen atoms in total. The third kappa shape index (κ3) is 8.03. The van der Waals surface area contributed by atoms with Gasteiger partial charge in [-0.1, -0.05) is 31.2 Å². The van der Waals surface area contributed by atoms with E-state index in [2.05, 4.69) is 58.5 Å². The molecule has 2 heterocycles. The van der Waals surface area contributed by atoms with Gasteiger partial charge in [0.25, 0.3) is 0 Å². The number of likely N-dealkylation sites (tertiary alicyclic amines) is 1. The van der Waals surface area contributed by atoms with Crippen molar-refractivity contribution in [3.05, 3.63) is 35.4 Å². The number of guanidine groups is 1. The zero-order valence-electron chi connectivity index (χ0n) is 18.0. The standard InChI is InChI=1S/C22H37N5O.HI/c1-3-23-22(25-17-21-6-5-11-27(21)4-2)24-16-19-7-9-20(10-8-19)18-26-12-14-28-15-13-26;/h7-10,21H,3-6,11-18H2,1-2H3,(H2,23,24,25);1H. The van der Waals surface area contributed by atoms with Crippen LogP contribution < -0.4 is 10.6 Å². The van der Waals surface area contributed by atoms with E-state index < -0.39 is 0 Å². The number of nitrogens with zero attached hydrogens (tertiary/aromatic N) is 3. The third-order valence-corrected chi connectivity index (χ3v) is 5.71. The van der Waals surface area contributed by atoms with Gasteiger partial charge in [-0.3, -0.25) is 9.80 Å². The van der Waals surface area contributed by atoms with E-state index in [1.54, 1.807) is 0 Å². The molecule has 0 aliphatic carbocycles. The summed E-state index contributed by atoms with van der Waals surface area (Å²) in [6.45, 7) is 14.1. The number of rotatable bonds is 8. The molecule has 0 spiro atoms. The molecule has 1 unspecified atom stereocenters. The quantitative estimate of drug-likeness (QED) is 0.317. The van der Waals surface area contributed by atoms with Crippen molar-refractivity contribution in [2.75, 3.05) is 52.5 Å². The van der Waals surface area contributed by atoms with Gasteiger partial charge in [-0.2, -0.15) is 0 Å². The van der Waals surface area contributed by atoms with Crippen LogP contribution >= 0.6 is 24.0 Å². The zero-order valence-corrected chi connectivity index (χ0v) is 20.4. The van der Waals surface area contributed by atoms with Crippen LogP contribution in [0.4, 0.5) is 0 Å². The lowest BCUT2D eigenvalue weighted by molar-refractivity contribution is 0.0342. The maximum absolute atomic E-state index is 5.42. The fourth-order valence-corrected chi connectivity index (χ4v) is 4.04. The zero-order chi connectivity index (χ0) is 19.6. The van der Waals surface area contributed by atoms with E-state index in [1.165, 1.54) is 30.5 Å². The minimum atomic E-state index is 0. The van der Waals surface area contributed by atoms with Gasteiger partial charge in [0.05, 0.1) is 19.8 Å².